The minimum Gasteiger partial charge on any atom is -0.333 e. The van der Waals surface area contributed by atoms with Gasteiger partial charge in [0.2, 0.25) is 0 Å². The van der Waals surface area contributed by atoms with Crippen molar-refractivity contribution >= 4 is 0 Å². The van der Waals surface area contributed by atoms with E-state index in [1.807, 2.05) is 12.5 Å². The Bertz CT molecular complexity index is 375. The van der Waals surface area contributed by atoms with E-state index in [0.29, 0.717) is 0 Å². The zero-order valence-corrected chi connectivity index (χ0v) is 12.2. The molecule has 3 heteroatoms. The average molecular weight is 249 g/mol. The second-order valence-corrected chi connectivity index (χ2v) is 6.81. The highest BCUT2D eigenvalue weighted by Crippen LogP contribution is 2.32. The second-order valence-electron chi connectivity index (χ2n) is 6.81. The normalized spacial score (nSPS) is 24.7. The predicted octanol–water partition coefficient (Wildman–Crippen LogP) is 3.21. The van der Waals surface area contributed by atoms with Gasteiger partial charge in [-0.3, -0.25) is 0 Å². The fourth-order valence-corrected chi connectivity index (χ4v) is 2.76. The number of rotatable bonds is 4. The van der Waals surface area contributed by atoms with Crippen molar-refractivity contribution in [2.24, 2.45) is 11.8 Å². The summed E-state index contributed by atoms with van der Waals surface area (Å²) in [5.74, 6) is 1.71. The number of hydrogen-bond donors (Lipinski definition) is 1. The van der Waals surface area contributed by atoms with Crippen LogP contribution in [0.3, 0.4) is 0 Å². The van der Waals surface area contributed by atoms with E-state index in [2.05, 4.69) is 42.6 Å². The van der Waals surface area contributed by atoms with Gasteiger partial charge in [0.15, 0.2) is 0 Å². The molecule has 0 bridgehead atoms. The van der Waals surface area contributed by atoms with Crippen molar-refractivity contribution in [2.45, 2.75) is 65.6 Å². The topological polar surface area (TPSA) is 29.9 Å². The predicted molar refractivity (Wildman–Crippen MR) is 75.3 cm³/mol. The van der Waals surface area contributed by atoms with Crippen LogP contribution in [0.5, 0.6) is 0 Å². The van der Waals surface area contributed by atoms with E-state index in [9.17, 15) is 0 Å². The molecule has 18 heavy (non-hydrogen) atoms. The molecule has 2 atom stereocenters. The Balaban J connectivity index is 1.95. The van der Waals surface area contributed by atoms with E-state index in [-0.39, 0.29) is 5.54 Å². The summed E-state index contributed by atoms with van der Waals surface area (Å²) in [7, 11) is 0. The molecule has 1 aliphatic rings. The zero-order chi connectivity index (χ0) is 13.2. The summed E-state index contributed by atoms with van der Waals surface area (Å²) < 4.78 is 2.34. The van der Waals surface area contributed by atoms with Crippen molar-refractivity contribution < 1.29 is 0 Å². The lowest BCUT2D eigenvalue weighted by Crippen LogP contribution is -2.35. The Morgan fingerprint density at radius 3 is 2.78 bits per heavy atom. The first-order chi connectivity index (χ1) is 8.46. The maximum absolute atomic E-state index is 4.31. The van der Waals surface area contributed by atoms with E-state index < -0.39 is 0 Å². The summed E-state index contributed by atoms with van der Waals surface area (Å²) in [5.41, 5.74) is 1.47. The molecule has 1 N–H and O–H groups in total. The highest BCUT2D eigenvalue weighted by Gasteiger charge is 2.24. The Labute approximate surface area is 111 Å². The molecule has 2 unspecified atom stereocenters. The first-order valence-corrected chi connectivity index (χ1v) is 7.20. The lowest BCUT2D eigenvalue weighted by Gasteiger charge is -2.22. The SMILES string of the molecule is CC1CCCC1Cn1cncc1CNC(C)(C)C. The zero-order valence-electron chi connectivity index (χ0n) is 12.2. The fourth-order valence-electron chi connectivity index (χ4n) is 2.76. The van der Waals surface area contributed by atoms with Gasteiger partial charge in [-0.05, 0) is 39.0 Å². The van der Waals surface area contributed by atoms with Gasteiger partial charge in [0.05, 0.1) is 12.0 Å². The summed E-state index contributed by atoms with van der Waals surface area (Å²) in [6.45, 7) is 11.0. The van der Waals surface area contributed by atoms with Crippen LogP contribution in [0.1, 0.15) is 52.7 Å². The van der Waals surface area contributed by atoms with E-state index in [0.717, 1.165) is 24.9 Å². The molecule has 1 aliphatic carbocycles. The van der Waals surface area contributed by atoms with Crippen molar-refractivity contribution in [1.29, 1.82) is 0 Å². The van der Waals surface area contributed by atoms with Gasteiger partial charge >= 0.3 is 0 Å². The van der Waals surface area contributed by atoms with Gasteiger partial charge in [0.25, 0.3) is 0 Å². The van der Waals surface area contributed by atoms with Gasteiger partial charge in [-0.2, -0.15) is 0 Å². The second kappa shape index (κ2) is 5.43. The Kier molecular flexibility index (Phi) is 4.10. The minimum absolute atomic E-state index is 0.162. The Morgan fingerprint density at radius 2 is 2.17 bits per heavy atom. The molecule has 102 valence electrons. The van der Waals surface area contributed by atoms with Gasteiger partial charge in [-0.25, -0.2) is 4.98 Å². The standard InChI is InChI=1S/C15H27N3/c1-12-6-5-7-13(12)10-18-11-16-8-14(18)9-17-15(2,3)4/h8,11-13,17H,5-7,9-10H2,1-4H3. The summed E-state index contributed by atoms with van der Waals surface area (Å²) >= 11 is 0. The van der Waals surface area contributed by atoms with Crippen LogP contribution in [0.4, 0.5) is 0 Å². The number of hydrogen-bond acceptors (Lipinski definition) is 2. The molecule has 2 rings (SSSR count). The summed E-state index contributed by atoms with van der Waals surface area (Å²) in [5, 5.41) is 3.54. The molecule has 3 nitrogen and oxygen atoms in total. The highest BCUT2D eigenvalue weighted by molar-refractivity contribution is 4.99. The van der Waals surface area contributed by atoms with Crippen LogP contribution < -0.4 is 5.32 Å². The van der Waals surface area contributed by atoms with Gasteiger partial charge in [-0.1, -0.05) is 19.8 Å². The van der Waals surface area contributed by atoms with Gasteiger partial charge in [0.1, 0.15) is 0 Å². The van der Waals surface area contributed by atoms with Crippen LogP contribution in [-0.4, -0.2) is 15.1 Å². The van der Waals surface area contributed by atoms with Crippen molar-refractivity contribution in [1.82, 2.24) is 14.9 Å². The van der Waals surface area contributed by atoms with Gasteiger partial charge in [0, 0.05) is 24.8 Å². The fraction of sp³-hybridized carbons (Fsp3) is 0.800. The van der Waals surface area contributed by atoms with Crippen LogP contribution >= 0.6 is 0 Å². The van der Waals surface area contributed by atoms with Crippen molar-refractivity contribution in [3.8, 4) is 0 Å². The lowest BCUT2D eigenvalue weighted by atomic mass is 9.98. The molecule has 0 saturated heterocycles. The molecule has 0 aliphatic heterocycles. The molecule has 1 fully saturated rings. The molecule has 0 spiro atoms. The third-order valence-corrected chi connectivity index (χ3v) is 4.07. The summed E-state index contributed by atoms with van der Waals surface area (Å²) in [6.07, 6.45) is 8.17. The molecule has 0 amide bonds. The summed E-state index contributed by atoms with van der Waals surface area (Å²) in [4.78, 5) is 4.31. The maximum Gasteiger partial charge on any atom is 0.0948 e. The molecule has 0 radical (unpaired) electrons. The molecular formula is C15H27N3. The number of aromatic nitrogens is 2. The van der Waals surface area contributed by atoms with Crippen molar-refractivity contribution in [3.05, 3.63) is 18.2 Å². The third-order valence-electron chi connectivity index (χ3n) is 4.07. The molecule has 1 aromatic rings. The molecule has 1 saturated carbocycles. The first-order valence-electron chi connectivity index (χ1n) is 7.20. The first kappa shape index (κ1) is 13.6. The lowest BCUT2D eigenvalue weighted by molar-refractivity contribution is 0.352. The highest BCUT2D eigenvalue weighted by atomic mass is 15.1. The molecule has 1 aromatic heterocycles. The van der Waals surface area contributed by atoms with E-state index in [1.54, 1.807) is 0 Å². The van der Waals surface area contributed by atoms with Crippen LogP contribution in [0.2, 0.25) is 0 Å². The minimum atomic E-state index is 0.162. The molecule has 1 heterocycles. The van der Waals surface area contributed by atoms with Crippen LogP contribution in [0, 0.1) is 11.8 Å². The number of nitrogens with one attached hydrogen (secondary N) is 1. The largest absolute Gasteiger partial charge is 0.333 e. The smallest absolute Gasteiger partial charge is 0.0948 e. The Hall–Kier alpha value is -0.830. The maximum atomic E-state index is 4.31. The van der Waals surface area contributed by atoms with E-state index >= 15 is 0 Å². The summed E-state index contributed by atoms with van der Waals surface area (Å²) in [6, 6.07) is 0. The van der Waals surface area contributed by atoms with E-state index in [1.165, 1.54) is 25.0 Å². The molecule has 0 aromatic carbocycles. The van der Waals surface area contributed by atoms with Gasteiger partial charge < -0.3 is 9.88 Å². The van der Waals surface area contributed by atoms with Crippen LogP contribution in [0.25, 0.3) is 0 Å². The monoisotopic (exact) mass is 249 g/mol. The van der Waals surface area contributed by atoms with Crippen molar-refractivity contribution in [2.75, 3.05) is 0 Å². The average Bonchev–Trinajstić information content (AvgIpc) is 2.86. The Morgan fingerprint density at radius 1 is 1.39 bits per heavy atom. The van der Waals surface area contributed by atoms with E-state index in [4.69, 9.17) is 0 Å². The quantitative estimate of drug-likeness (QED) is 0.888. The van der Waals surface area contributed by atoms with Gasteiger partial charge in [-0.15, -0.1) is 0 Å². The van der Waals surface area contributed by atoms with Crippen LogP contribution in [0.15, 0.2) is 12.5 Å². The number of imidazole rings is 1. The number of nitrogens with zero attached hydrogens (tertiary/aromatic N) is 2. The van der Waals surface area contributed by atoms with Crippen molar-refractivity contribution in [3.63, 3.8) is 0 Å². The third kappa shape index (κ3) is 3.58. The molecular weight excluding hydrogens is 222 g/mol. The van der Waals surface area contributed by atoms with Crippen LogP contribution in [-0.2, 0) is 13.1 Å².